The summed E-state index contributed by atoms with van der Waals surface area (Å²) in [6.07, 6.45) is 14.9. The van der Waals surface area contributed by atoms with Gasteiger partial charge in [-0.15, -0.1) is 5.73 Å². The fourth-order valence-electron chi connectivity index (χ4n) is 3.88. The summed E-state index contributed by atoms with van der Waals surface area (Å²) in [4.78, 5) is 10.5. The summed E-state index contributed by atoms with van der Waals surface area (Å²) in [5, 5.41) is 19.3. The quantitative estimate of drug-likeness (QED) is 0.129. The van der Waals surface area contributed by atoms with Crippen LogP contribution < -0.4 is 0 Å². The first kappa shape index (κ1) is 27.9. The van der Waals surface area contributed by atoms with Crippen molar-refractivity contribution < 1.29 is 19.4 Å². The van der Waals surface area contributed by atoms with Crippen molar-refractivity contribution in [3.63, 3.8) is 0 Å². The highest BCUT2D eigenvalue weighted by molar-refractivity contribution is 6.74. The molecule has 0 saturated carbocycles. The summed E-state index contributed by atoms with van der Waals surface area (Å²) < 4.78 is 6.80. The van der Waals surface area contributed by atoms with Crippen LogP contribution in [0, 0.1) is 5.92 Å². The lowest BCUT2D eigenvalue weighted by atomic mass is 9.90. The Hall–Kier alpha value is -1.13. The number of hydrogen-bond donors (Lipinski definition) is 2. The molecule has 0 heterocycles. The Bertz CT molecular complexity index is 638. The molecule has 0 radical (unpaired) electrons. The van der Waals surface area contributed by atoms with Gasteiger partial charge in [0.1, 0.15) is 0 Å². The van der Waals surface area contributed by atoms with E-state index in [4.69, 9.17) is 9.53 Å². The Labute approximate surface area is 191 Å². The predicted octanol–water partition coefficient (Wildman–Crippen LogP) is 7.01. The van der Waals surface area contributed by atoms with E-state index in [1.165, 1.54) is 24.8 Å². The Morgan fingerprint density at radius 3 is 2.61 bits per heavy atom. The van der Waals surface area contributed by atoms with Crippen molar-refractivity contribution in [3.8, 4) is 0 Å². The number of carbonyl (C=O) groups is 1. The van der Waals surface area contributed by atoms with Gasteiger partial charge in [0.15, 0.2) is 8.32 Å². The van der Waals surface area contributed by atoms with Crippen molar-refractivity contribution in [2.45, 2.75) is 122 Å². The number of aliphatic hydroxyl groups is 1. The van der Waals surface area contributed by atoms with E-state index in [1.807, 2.05) is 6.08 Å². The van der Waals surface area contributed by atoms with Crippen LogP contribution in [-0.2, 0) is 9.22 Å². The Balaban J connectivity index is 2.67. The van der Waals surface area contributed by atoms with E-state index >= 15 is 0 Å². The van der Waals surface area contributed by atoms with Gasteiger partial charge < -0.3 is 14.6 Å². The minimum absolute atomic E-state index is 0.00134. The van der Waals surface area contributed by atoms with Crippen LogP contribution in [0.4, 0.5) is 0 Å². The standard InChI is InChI=1S/C26H46O4Si/c1-7-8-11-14-22(30-31(5,6)26(2,3)4)19-17-21-18-20-24(27)23(21)15-12-9-10-13-16-25(28)29/h9,13,18,22-24,27H,7-8,11-12,14-17,19-20H2,1-6H3,(H,28,29)/t10?,22?,23-,24+/m1/s1. The number of aliphatic carboxylic acids is 1. The van der Waals surface area contributed by atoms with Crippen LogP contribution >= 0.6 is 0 Å². The highest BCUT2D eigenvalue weighted by Gasteiger charge is 2.39. The van der Waals surface area contributed by atoms with Crippen molar-refractivity contribution in [3.05, 3.63) is 29.5 Å². The summed E-state index contributed by atoms with van der Waals surface area (Å²) in [5.74, 6) is -0.646. The van der Waals surface area contributed by atoms with E-state index in [0.717, 1.165) is 38.5 Å². The fraction of sp³-hybridized carbons (Fsp3) is 0.769. The molecule has 0 aromatic rings. The average molecular weight is 451 g/mol. The van der Waals surface area contributed by atoms with Crippen LogP contribution in [0.25, 0.3) is 0 Å². The molecule has 0 saturated heterocycles. The maximum absolute atomic E-state index is 10.5. The van der Waals surface area contributed by atoms with Gasteiger partial charge in [0, 0.05) is 12.0 Å². The molecule has 0 aromatic heterocycles. The van der Waals surface area contributed by atoms with Gasteiger partial charge >= 0.3 is 5.97 Å². The zero-order chi connectivity index (χ0) is 23.5. The van der Waals surface area contributed by atoms with E-state index in [2.05, 4.69) is 52.6 Å². The van der Waals surface area contributed by atoms with E-state index < -0.39 is 14.3 Å². The summed E-state index contributed by atoms with van der Waals surface area (Å²) in [7, 11) is -1.80. The number of rotatable bonds is 14. The molecule has 0 spiro atoms. The van der Waals surface area contributed by atoms with Crippen LogP contribution in [0.3, 0.4) is 0 Å². The van der Waals surface area contributed by atoms with Crippen LogP contribution in [0.15, 0.2) is 29.5 Å². The molecular formula is C26H46O4Si. The van der Waals surface area contributed by atoms with Gasteiger partial charge in [-0.2, -0.15) is 0 Å². The molecular weight excluding hydrogens is 404 g/mol. The van der Waals surface area contributed by atoms with E-state index in [0.29, 0.717) is 6.10 Å². The Morgan fingerprint density at radius 2 is 2.00 bits per heavy atom. The van der Waals surface area contributed by atoms with Crippen LogP contribution in [0.5, 0.6) is 0 Å². The van der Waals surface area contributed by atoms with Gasteiger partial charge in [0.05, 0.1) is 12.5 Å². The minimum atomic E-state index is -1.80. The van der Waals surface area contributed by atoms with Crippen molar-refractivity contribution in [2.24, 2.45) is 5.92 Å². The second kappa shape index (κ2) is 13.4. The Kier molecular flexibility index (Phi) is 12.1. The highest BCUT2D eigenvalue weighted by Crippen LogP contribution is 2.39. The molecule has 5 heteroatoms. The topological polar surface area (TPSA) is 66.8 Å². The molecule has 1 aliphatic carbocycles. The minimum Gasteiger partial charge on any atom is -0.481 e. The van der Waals surface area contributed by atoms with E-state index in [-0.39, 0.29) is 23.5 Å². The molecule has 0 amide bonds. The lowest BCUT2D eigenvalue weighted by molar-refractivity contribution is -0.136. The summed E-state index contributed by atoms with van der Waals surface area (Å²) in [6.45, 7) is 13.8. The monoisotopic (exact) mass is 450 g/mol. The zero-order valence-corrected chi connectivity index (χ0v) is 21.7. The van der Waals surface area contributed by atoms with Crippen LogP contribution in [0.2, 0.25) is 18.1 Å². The molecule has 2 N–H and O–H groups in total. The van der Waals surface area contributed by atoms with Crippen molar-refractivity contribution in [2.75, 3.05) is 0 Å². The summed E-state index contributed by atoms with van der Waals surface area (Å²) in [5.41, 5.74) is 4.31. The van der Waals surface area contributed by atoms with Gasteiger partial charge in [-0.05, 0) is 68.8 Å². The molecule has 1 rings (SSSR count). The van der Waals surface area contributed by atoms with E-state index in [1.54, 1.807) is 6.08 Å². The second-order valence-corrected chi connectivity index (χ2v) is 15.2. The zero-order valence-electron chi connectivity index (χ0n) is 20.7. The fourth-order valence-corrected chi connectivity index (χ4v) is 5.30. The van der Waals surface area contributed by atoms with Crippen LogP contribution in [0.1, 0.15) is 91.9 Å². The molecule has 1 unspecified atom stereocenters. The number of aliphatic hydroxyl groups excluding tert-OH is 1. The lowest BCUT2D eigenvalue weighted by Crippen LogP contribution is -2.44. The number of carboxylic acid groups (broad SMARTS) is 1. The second-order valence-electron chi connectivity index (χ2n) is 10.5. The van der Waals surface area contributed by atoms with Gasteiger partial charge in [-0.1, -0.05) is 58.6 Å². The number of unbranched alkanes of at least 4 members (excludes halogenated alkanes) is 2. The first-order chi connectivity index (χ1) is 14.5. The molecule has 31 heavy (non-hydrogen) atoms. The Morgan fingerprint density at radius 1 is 1.29 bits per heavy atom. The van der Waals surface area contributed by atoms with Gasteiger partial charge in [0.2, 0.25) is 0 Å². The maximum atomic E-state index is 10.5. The SMILES string of the molecule is CCCCCC(CCC1=CC[C@H](O)[C@@H]1CCC=C=CCC(=O)O)O[Si](C)(C)C(C)(C)C. The highest BCUT2D eigenvalue weighted by atomic mass is 28.4. The molecule has 0 aliphatic heterocycles. The van der Waals surface area contributed by atoms with Gasteiger partial charge in [0.25, 0.3) is 0 Å². The maximum Gasteiger partial charge on any atom is 0.307 e. The first-order valence-corrected chi connectivity index (χ1v) is 15.0. The molecule has 178 valence electrons. The molecule has 1 aliphatic rings. The molecule has 4 nitrogen and oxygen atoms in total. The third-order valence-corrected chi connectivity index (χ3v) is 11.4. The third-order valence-electron chi connectivity index (χ3n) is 6.85. The molecule has 0 aromatic carbocycles. The van der Waals surface area contributed by atoms with E-state index in [9.17, 15) is 9.90 Å². The van der Waals surface area contributed by atoms with Gasteiger partial charge in [-0.3, -0.25) is 4.79 Å². The van der Waals surface area contributed by atoms with Crippen molar-refractivity contribution >= 4 is 14.3 Å². The summed E-state index contributed by atoms with van der Waals surface area (Å²) in [6, 6.07) is 0. The first-order valence-electron chi connectivity index (χ1n) is 12.1. The molecule has 0 fully saturated rings. The van der Waals surface area contributed by atoms with Crippen LogP contribution in [-0.4, -0.2) is 36.7 Å². The lowest BCUT2D eigenvalue weighted by Gasteiger charge is -2.39. The smallest absolute Gasteiger partial charge is 0.307 e. The number of hydrogen-bond acceptors (Lipinski definition) is 3. The normalized spacial score (nSPS) is 20.2. The third kappa shape index (κ3) is 10.4. The molecule has 0 bridgehead atoms. The summed E-state index contributed by atoms with van der Waals surface area (Å²) >= 11 is 0. The van der Waals surface area contributed by atoms with Gasteiger partial charge in [-0.25, -0.2) is 0 Å². The van der Waals surface area contributed by atoms with Crippen molar-refractivity contribution in [1.29, 1.82) is 0 Å². The predicted molar refractivity (Wildman–Crippen MR) is 132 cm³/mol. The average Bonchev–Trinajstić information content (AvgIpc) is 3.01. The molecule has 3 atom stereocenters. The largest absolute Gasteiger partial charge is 0.481 e. The number of carboxylic acids is 1. The van der Waals surface area contributed by atoms with Crippen molar-refractivity contribution in [1.82, 2.24) is 0 Å².